The summed E-state index contributed by atoms with van der Waals surface area (Å²) in [6, 6.07) is 4.54. The predicted octanol–water partition coefficient (Wildman–Crippen LogP) is 1.55. The predicted molar refractivity (Wildman–Crippen MR) is 66.0 cm³/mol. The number of rotatable bonds is 4. The number of aromatic nitrogens is 2. The zero-order valence-electron chi connectivity index (χ0n) is 10.3. The molecule has 5 nitrogen and oxygen atoms in total. The van der Waals surface area contributed by atoms with Crippen molar-refractivity contribution in [3.8, 4) is 5.69 Å². The monoisotopic (exact) mass is 264 g/mol. The summed E-state index contributed by atoms with van der Waals surface area (Å²) in [5, 5.41) is 21.8. The maximum absolute atomic E-state index is 13.5. The number of aliphatic hydroxyl groups excluding tert-OH is 1. The largest absolute Gasteiger partial charge is 0.476 e. The van der Waals surface area contributed by atoms with Crippen LogP contribution < -0.4 is 0 Å². The Morgan fingerprint density at radius 2 is 2.21 bits per heavy atom. The molecule has 0 fully saturated rings. The third-order valence-electron chi connectivity index (χ3n) is 2.79. The van der Waals surface area contributed by atoms with Crippen LogP contribution in [0.25, 0.3) is 5.69 Å². The van der Waals surface area contributed by atoms with Crippen LogP contribution in [0.2, 0.25) is 0 Å². The Morgan fingerprint density at radius 1 is 1.47 bits per heavy atom. The van der Waals surface area contributed by atoms with E-state index in [0.717, 1.165) is 0 Å². The van der Waals surface area contributed by atoms with Crippen molar-refractivity contribution in [2.45, 2.75) is 13.3 Å². The minimum atomic E-state index is -1.17. The Hall–Kier alpha value is -2.21. The van der Waals surface area contributed by atoms with Crippen LogP contribution in [0.15, 0.2) is 24.4 Å². The Labute approximate surface area is 108 Å². The van der Waals surface area contributed by atoms with Gasteiger partial charge in [0.1, 0.15) is 5.82 Å². The van der Waals surface area contributed by atoms with Gasteiger partial charge in [-0.05, 0) is 31.0 Å². The van der Waals surface area contributed by atoms with Gasteiger partial charge in [-0.2, -0.15) is 5.10 Å². The van der Waals surface area contributed by atoms with Crippen molar-refractivity contribution >= 4 is 5.97 Å². The van der Waals surface area contributed by atoms with Crippen LogP contribution >= 0.6 is 0 Å². The van der Waals surface area contributed by atoms with E-state index in [2.05, 4.69) is 5.10 Å². The Balaban J connectivity index is 2.47. The number of aliphatic hydroxyl groups is 1. The van der Waals surface area contributed by atoms with Crippen LogP contribution in [0.3, 0.4) is 0 Å². The van der Waals surface area contributed by atoms with Crippen LogP contribution in [-0.2, 0) is 6.42 Å². The number of aromatic carboxylic acids is 1. The second-order valence-electron chi connectivity index (χ2n) is 4.16. The van der Waals surface area contributed by atoms with Gasteiger partial charge in [0.15, 0.2) is 5.69 Å². The van der Waals surface area contributed by atoms with Gasteiger partial charge in [-0.3, -0.25) is 0 Å². The lowest BCUT2D eigenvalue weighted by Gasteiger charge is -2.02. The SMILES string of the molecule is Cc1ccc(-n2cc(CCO)c(C(=O)O)n2)cc1F. The number of carboxylic acids is 1. The molecule has 6 heteroatoms. The fourth-order valence-corrected chi connectivity index (χ4v) is 1.75. The maximum atomic E-state index is 13.5. The summed E-state index contributed by atoms with van der Waals surface area (Å²) in [5.41, 5.74) is 1.23. The van der Waals surface area contributed by atoms with Crippen molar-refractivity contribution in [2.24, 2.45) is 0 Å². The molecule has 0 amide bonds. The zero-order chi connectivity index (χ0) is 14.0. The highest BCUT2D eigenvalue weighted by Gasteiger charge is 2.16. The summed E-state index contributed by atoms with van der Waals surface area (Å²) < 4.78 is 14.8. The van der Waals surface area contributed by atoms with E-state index < -0.39 is 5.97 Å². The van der Waals surface area contributed by atoms with Crippen LogP contribution in [-0.4, -0.2) is 32.6 Å². The summed E-state index contributed by atoms with van der Waals surface area (Å²) in [5.74, 6) is -1.55. The molecule has 0 unspecified atom stereocenters. The molecule has 0 bridgehead atoms. The van der Waals surface area contributed by atoms with Crippen LogP contribution in [0.1, 0.15) is 21.6 Å². The van der Waals surface area contributed by atoms with E-state index in [-0.39, 0.29) is 24.5 Å². The van der Waals surface area contributed by atoms with E-state index in [4.69, 9.17) is 10.2 Å². The lowest BCUT2D eigenvalue weighted by molar-refractivity contribution is 0.0688. The molecule has 0 radical (unpaired) electrons. The van der Waals surface area contributed by atoms with Gasteiger partial charge in [0.2, 0.25) is 0 Å². The fourth-order valence-electron chi connectivity index (χ4n) is 1.75. The molecule has 0 saturated heterocycles. The molecule has 1 aromatic carbocycles. The molecule has 0 aliphatic carbocycles. The van der Waals surface area contributed by atoms with Crippen molar-refractivity contribution in [1.82, 2.24) is 9.78 Å². The number of carbonyl (C=O) groups is 1. The molecule has 1 aromatic heterocycles. The van der Waals surface area contributed by atoms with Crippen LogP contribution in [0, 0.1) is 12.7 Å². The smallest absolute Gasteiger partial charge is 0.356 e. The first-order chi connectivity index (χ1) is 9.02. The number of aryl methyl sites for hydroxylation is 1. The van der Waals surface area contributed by atoms with Gasteiger partial charge in [-0.15, -0.1) is 0 Å². The van der Waals surface area contributed by atoms with Gasteiger partial charge >= 0.3 is 5.97 Å². The van der Waals surface area contributed by atoms with Gasteiger partial charge in [-0.25, -0.2) is 13.9 Å². The summed E-state index contributed by atoms with van der Waals surface area (Å²) in [6.45, 7) is 1.47. The normalized spacial score (nSPS) is 10.7. The third kappa shape index (κ3) is 2.63. The van der Waals surface area contributed by atoms with E-state index in [1.165, 1.54) is 16.9 Å². The number of benzene rings is 1. The van der Waals surface area contributed by atoms with Crippen molar-refractivity contribution in [1.29, 1.82) is 0 Å². The first-order valence-corrected chi connectivity index (χ1v) is 5.72. The van der Waals surface area contributed by atoms with E-state index >= 15 is 0 Å². The molecule has 0 spiro atoms. The first-order valence-electron chi connectivity index (χ1n) is 5.72. The summed E-state index contributed by atoms with van der Waals surface area (Å²) in [6.07, 6.45) is 1.68. The standard InChI is InChI=1S/C13H13FN2O3/c1-8-2-3-10(6-11(8)14)16-7-9(4-5-17)12(15-16)13(18)19/h2-3,6-7,17H,4-5H2,1H3,(H,18,19). The lowest BCUT2D eigenvalue weighted by Crippen LogP contribution is -2.04. The Bertz CT molecular complexity index is 622. The molecule has 0 saturated carbocycles. The first kappa shape index (κ1) is 13.2. The lowest BCUT2D eigenvalue weighted by atomic mass is 10.2. The van der Waals surface area contributed by atoms with Gasteiger partial charge in [0.25, 0.3) is 0 Å². The van der Waals surface area contributed by atoms with Crippen molar-refractivity contribution in [3.05, 3.63) is 47.0 Å². The molecule has 2 aromatic rings. The molecule has 0 aliphatic rings. The number of hydrogen-bond acceptors (Lipinski definition) is 3. The number of nitrogens with zero attached hydrogens (tertiary/aromatic N) is 2. The van der Waals surface area contributed by atoms with Gasteiger partial charge < -0.3 is 10.2 Å². The van der Waals surface area contributed by atoms with Crippen molar-refractivity contribution < 1.29 is 19.4 Å². The van der Waals surface area contributed by atoms with E-state index in [1.54, 1.807) is 19.1 Å². The summed E-state index contributed by atoms with van der Waals surface area (Å²) in [7, 11) is 0. The molecule has 19 heavy (non-hydrogen) atoms. The second-order valence-corrected chi connectivity index (χ2v) is 4.16. The molecule has 0 atom stereocenters. The molecule has 1 heterocycles. The van der Waals surface area contributed by atoms with Crippen molar-refractivity contribution in [3.63, 3.8) is 0 Å². The molecular weight excluding hydrogens is 251 g/mol. The number of hydrogen-bond donors (Lipinski definition) is 2. The van der Waals surface area contributed by atoms with E-state index in [9.17, 15) is 9.18 Å². The molecular formula is C13H13FN2O3. The highest BCUT2D eigenvalue weighted by molar-refractivity contribution is 5.87. The summed E-state index contributed by atoms with van der Waals surface area (Å²) >= 11 is 0. The van der Waals surface area contributed by atoms with Gasteiger partial charge in [0, 0.05) is 18.4 Å². The molecule has 2 N–H and O–H groups in total. The van der Waals surface area contributed by atoms with Crippen LogP contribution in [0.4, 0.5) is 4.39 Å². The maximum Gasteiger partial charge on any atom is 0.356 e. The van der Waals surface area contributed by atoms with Crippen molar-refractivity contribution in [2.75, 3.05) is 6.61 Å². The third-order valence-corrected chi connectivity index (χ3v) is 2.79. The van der Waals surface area contributed by atoms with E-state index in [1.807, 2.05) is 0 Å². The molecule has 100 valence electrons. The van der Waals surface area contributed by atoms with Gasteiger partial charge in [-0.1, -0.05) is 6.07 Å². The minimum absolute atomic E-state index is 0.130. The topological polar surface area (TPSA) is 75.4 Å². The van der Waals surface area contributed by atoms with Crippen LogP contribution in [0.5, 0.6) is 0 Å². The molecule has 2 rings (SSSR count). The molecule has 0 aliphatic heterocycles. The highest BCUT2D eigenvalue weighted by Crippen LogP contribution is 2.16. The average molecular weight is 264 g/mol. The summed E-state index contributed by atoms with van der Waals surface area (Å²) in [4.78, 5) is 11.0. The fraction of sp³-hybridized carbons (Fsp3) is 0.231. The average Bonchev–Trinajstić information content (AvgIpc) is 2.77. The quantitative estimate of drug-likeness (QED) is 0.878. The second kappa shape index (κ2) is 5.19. The number of carboxylic acid groups (broad SMARTS) is 1. The van der Waals surface area contributed by atoms with Gasteiger partial charge in [0.05, 0.1) is 5.69 Å². The zero-order valence-corrected chi connectivity index (χ0v) is 10.3. The Morgan fingerprint density at radius 3 is 2.79 bits per heavy atom. The number of halogens is 1. The van der Waals surface area contributed by atoms with E-state index in [0.29, 0.717) is 16.8 Å². The highest BCUT2D eigenvalue weighted by atomic mass is 19.1. The minimum Gasteiger partial charge on any atom is -0.476 e. The Kier molecular flexibility index (Phi) is 3.62.